The number of carbonyl (C=O) groups excluding carboxylic acids is 1. The van der Waals surface area contributed by atoms with Crippen LogP contribution in [0.15, 0.2) is 42.5 Å². The highest BCUT2D eigenvalue weighted by Crippen LogP contribution is 2.30. The van der Waals surface area contributed by atoms with Crippen molar-refractivity contribution in [2.75, 3.05) is 25.0 Å². The number of carbonyl (C=O) groups is 1. The number of aryl methyl sites for hydroxylation is 1. The summed E-state index contributed by atoms with van der Waals surface area (Å²) < 4.78 is 2.32. The van der Waals surface area contributed by atoms with Gasteiger partial charge < -0.3 is 9.88 Å². The van der Waals surface area contributed by atoms with Gasteiger partial charge in [-0.2, -0.15) is 0 Å². The lowest BCUT2D eigenvalue weighted by Crippen LogP contribution is -2.36. The Morgan fingerprint density at radius 2 is 1.76 bits per heavy atom. The molecule has 1 fully saturated rings. The Balaban J connectivity index is 1.60. The Hall–Kier alpha value is -2.33. The first-order valence-corrected chi connectivity index (χ1v) is 9.29. The third kappa shape index (κ3) is 3.14. The van der Waals surface area contributed by atoms with E-state index in [1.165, 1.54) is 41.1 Å². The molecule has 1 N–H and O–H groups in total. The lowest BCUT2D eigenvalue weighted by Gasteiger charge is -2.25. The van der Waals surface area contributed by atoms with Crippen LogP contribution in [0.25, 0.3) is 21.8 Å². The minimum atomic E-state index is 0.0838. The van der Waals surface area contributed by atoms with E-state index >= 15 is 0 Å². The lowest BCUT2D eigenvalue weighted by molar-refractivity contribution is -0.117. The molecule has 1 aliphatic heterocycles. The highest BCUT2D eigenvalue weighted by Gasteiger charge is 2.15. The average molecular weight is 335 g/mol. The third-order valence-electron chi connectivity index (χ3n) is 5.19. The normalized spacial score (nSPS) is 15.7. The van der Waals surface area contributed by atoms with Crippen LogP contribution in [-0.4, -0.2) is 35.0 Å². The van der Waals surface area contributed by atoms with Gasteiger partial charge in [0.05, 0.1) is 6.54 Å². The molecule has 130 valence electrons. The van der Waals surface area contributed by atoms with E-state index in [9.17, 15) is 4.79 Å². The van der Waals surface area contributed by atoms with Crippen molar-refractivity contribution in [3.63, 3.8) is 0 Å². The number of anilines is 1. The second-order valence-corrected chi connectivity index (χ2v) is 6.88. The van der Waals surface area contributed by atoms with E-state index in [-0.39, 0.29) is 5.91 Å². The predicted molar refractivity (Wildman–Crippen MR) is 104 cm³/mol. The number of hydrogen-bond donors (Lipinski definition) is 1. The van der Waals surface area contributed by atoms with Gasteiger partial charge in [0.15, 0.2) is 0 Å². The molecule has 0 saturated carbocycles. The van der Waals surface area contributed by atoms with Crippen LogP contribution in [-0.2, 0) is 11.3 Å². The molecule has 1 saturated heterocycles. The van der Waals surface area contributed by atoms with Crippen molar-refractivity contribution in [1.29, 1.82) is 0 Å². The number of rotatable bonds is 4. The van der Waals surface area contributed by atoms with Crippen LogP contribution in [0, 0.1) is 0 Å². The van der Waals surface area contributed by atoms with E-state index in [1.807, 2.05) is 6.07 Å². The number of nitrogens with zero attached hydrogens (tertiary/aromatic N) is 2. The van der Waals surface area contributed by atoms with E-state index in [0.717, 1.165) is 25.3 Å². The minimum Gasteiger partial charge on any atom is -0.341 e. The van der Waals surface area contributed by atoms with Gasteiger partial charge in [-0.1, -0.05) is 24.6 Å². The summed E-state index contributed by atoms with van der Waals surface area (Å²) in [6.45, 7) is 5.67. The fourth-order valence-electron chi connectivity index (χ4n) is 3.99. The zero-order valence-corrected chi connectivity index (χ0v) is 14.8. The fourth-order valence-corrected chi connectivity index (χ4v) is 3.99. The molecule has 2 aromatic carbocycles. The molecule has 0 unspecified atom stereocenters. The van der Waals surface area contributed by atoms with Gasteiger partial charge in [-0.25, -0.2) is 0 Å². The number of hydrogen-bond acceptors (Lipinski definition) is 2. The summed E-state index contributed by atoms with van der Waals surface area (Å²) in [6, 6.07) is 14.7. The summed E-state index contributed by atoms with van der Waals surface area (Å²) >= 11 is 0. The second kappa shape index (κ2) is 6.89. The number of para-hydroxylation sites is 1. The number of nitrogens with one attached hydrogen (secondary N) is 1. The minimum absolute atomic E-state index is 0.0838. The molecule has 1 amide bonds. The fraction of sp³-hybridized carbons (Fsp3) is 0.381. The molecule has 2 heterocycles. The molecule has 1 aromatic heterocycles. The van der Waals surface area contributed by atoms with Crippen LogP contribution in [0.3, 0.4) is 0 Å². The molecule has 25 heavy (non-hydrogen) atoms. The smallest absolute Gasteiger partial charge is 0.238 e. The predicted octanol–water partition coefficient (Wildman–Crippen LogP) is 4.24. The monoisotopic (exact) mass is 335 g/mol. The van der Waals surface area contributed by atoms with Crippen LogP contribution < -0.4 is 5.32 Å². The average Bonchev–Trinajstić information content (AvgIpc) is 2.95. The number of likely N-dealkylation sites (tertiary alicyclic amines) is 1. The van der Waals surface area contributed by atoms with Gasteiger partial charge in [-0.3, -0.25) is 9.69 Å². The molecule has 3 aromatic rings. The van der Waals surface area contributed by atoms with Gasteiger partial charge in [0, 0.05) is 34.0 Å². The summed E-state index contributed by atoms with van der Waals surface area (Å²) in [4.78, 5) is 14.6. The maximum Gasteiger partial charge on any atom is 0.238 e. The molecule has 4 nitrogen and oxygen atoms in total. The summed E-state index contributed by atoms with van der Waals surface area (Å²) in [6.07, 6.45) is 3.70. The Kier molecular flexibility index (Phi) is 4.45. The zero-order valence-electron chi connectivity index (χ0n) is 14.8. The first kappa shape index (κ1) is 16.2. The molecule has 0 aliphatic carbocycles. The molecule has 1 aliphatic rings. The standard InChI is InChI=1S/C21H25N3O/c1-2-24-19-9-5-4-8-17(19)18-14-16(10-11-20(18)24)22-21(25)15-23-12-6-3-7-13-23/h4-5,8-11,14H,2-3,6-7,12-13,15H2,1H3,(H,22,25). The van der Waals surface area contributed by atoms with Crippen LogP contribution in [0.2, 0.25) is 0 Å². The topological polar surface area (TPSA) is 37.3 Å². The third-order valence-corrected chi connectivity index (χ3v) is 5.19. The second-order valence-electron chi connectivity index (χ2n) is 6.88. The molecule has 0 atom stereocenters. The molecule has 0 bridgehead atoms. The number of fused-ring (bicyclic) bond motifs is 3. The Labute approximate surface area is 148 Å². The largest absolute Gasteiger partial charge is 0.341 e. The van der Waals surface area contributed by atoms with Crippen molar-refractivity contribution < 1.29 is 4.79 Å². The summed E-state index contributed by atoms with van der Waals surface area (Å²) in [5, 5.41) is 5.53. The van der Waals surface area contributed by atoms with Gasteiger partial charge >= 0.3 is 0 Å². The summed E-state index contributed by atoms with van der Waals surface area (Å²) in [5.41, 5.74) is 3.35. The van der Waals surface area contributed by atoms with E-state index < -0.39 is 0 Å². The van der Waals surface area contributed by atoms with Crippen molar-refractivity contribution in [2.24, 2.45) is 0 Å². The Morgan fingerprint density at radius 3 is 2.56 bits per heavy atom. The SMILES string of the molecule is CCn1c2ccccc2c2cc(NC(=O)CN3CCCCC3)ccc21. The molecule has 0 radical (unpaired) electrons. The molecule has 4 rings (SSSR count). The van der Waals surface area contributed by atoms with E-state index in [4.69, 9.17) is 0 Å². The first-order chi connectivity index (χ1) is 12.3. The first-order valence-electron chi connectivity index (χ1n) is 9.29. The number of benzene rings is 2. The molecule has 0 spiro atoms. The number of piperidine rings is 1. The lowest BCUT2D eigenvalue weighted by atomic mass is 10.1. The summed E-state index contributed by atoms with van der Waals surface area (Å²) in [7, 11) is 0. The maximum absolute atomic E-state index is 12.4. The maximum atomic E-state index is 12.4. The van der Waals surface area contributed by atoms with Crippen molar-refractivity contribution in [3.8, 4) is 0 Å². The summed E-state index contributed by atoms with van der Waals surface area (Å²) in [5.74, 6) is 0.0838. The van der Waals surface area contributed by atoms with Gasteiger partial charge in [0.25, 0.3) is 0 Å². The van der Waals surface area contributed by atoms with Gasteiger partial charge in [-0.15, -0.1) is 0 Å². The van der Waals surface area contributed by atoms with Gasteiger partial charge in [-0.05, 0) is 57.1 Å². The number of amides is 1. The van der Waals surface area contributed by atoms with Crippen LogP contribution in [0.5, 0.6) is 0 Å². The Bertz CT molecular complexity index is 906. The van der Waals surface area contributed by atoms with Crippen molar-refractivity contribution in [2.45, 2.75) is 32.7 Å². The van der Waals surface area contributed by atoms with Crippen LogP contribution >= 0.6 is 0 Å². The van der Waals surface area contributed by atoms with Crippen molar-refractivity contribution in [1.82, 2.24) is 9.47 Å². The van der Waals surface area contributed by atoms with E-state index in [0.29, 0.717) is 6.54 Å². The highest BCUT2D eigenvalue weighted by atomic mass is 16.2. The quantitative estimate of drug-likeness (QED) is 0.774. The van der Waals surface area contributed by atoms with Crippen LogP contribution in [0.4, 0.5) is 5.69 Å². The molecule has 4 heteroatoms. The van der Waals surface area contributed by atoms with E-state index in [2.05, 4.69) is 58.1 Å². The highest BCUT2D eigenvalue weighted by molar-refractivity contribution is 6.09. The van der Waals surface area contributed by atoms with Gasteiger partial charge in [0.2, 0.25) is 5.91 Å². The Morgan fingerprint density at radius 1 is 1.00 bits per heavy atom. The van der Waals surface area contributed by atoms with Crippen molar-refractivity contribution >= 4 is 33.4 Å². The van der Waals surface area contributed by atoms with Crippen molar-refractivity contribution in [3.05, 3.63) is 42.5 Å². The zero-order chi connectivity index (χ0) is 17.2. The molecular formula is C21H25N3O. The van der Waals surface area contributed by atoms with E-state index in [1.54, 1.807) is 0 Å². The van der Waals surface area contributed by atoms with Gasteiger partial charge in [0.1, 0.15) is 0 Å². The van der Waals surface area contributed by atoms with Crippen LogP contribution in [0.1, 0.15) is 26.2 Å². The number of aromatic nitrogens is 1. The molecular weight excluding hydrogens is 310 g/mol.